The van der Waals surface area contributed by atoms with Gasteiger partial charge in [0, 0.05) is 30.1 Å². The van der Waals surface area contributed by atoms with Crippen LogP contribution in [-0.4, -0.2) is 59.8 Å². The van der Waals surface area contributed by atoms with Crippen LogP contribution in [0.15, 0.2) is 48.5 Å². The predicted molar refractivity (Wildman–Crippen MR) is 111 cm³/mol. The number of nitrogen functional groups attached to an aromatic ring is 1. The number of morpholine rings is 1. The van der Waals surface area contributed by atoms with Gasteiger partial charge in [-0.15, -0.1) is 0 Å². The number of benzene rings is 2. The lowest BCUT2D eigenvalue weighted by Crippen LogP contribution is -2.55. The summed E-state index contributed by atoms with van der Waals surface area (Å²) < 4.78 is 5.40. The molecule has 1 saturated heterocycles. The van der Waals surface area contributed by atoms with Crippen molar-refractivity contribution in [2.45, 2.75) is 18.6 Å². The fraction of sp³-hybridized carbons (Fsp3) is 0.286. The first-order chi connectivity index (χ1) is 14.4. The minimum Gasteiger partial charge on any atom is -0.396 e. The molecular weight excluding hydrogens is 388 g/mol. The topological polar surface area (TPSA) is 149 Å². The molecule has 3 rings (SSSR count). The zero-order chi connectivity index (χ0) is 21.7. The maximum absolute atomic E-state index is 12.9. The zero-order valence-electron chi connectivity index (χ0n) is 16.2. The fourth-order valence-corrected chi connectivity index (χ4v) is 3.18. The van der Waals surface area contributed by atoms with Gasteiger partial charge in [0.05, 0.1) is 6.61 Å². The van der Waals surface area contributed by atoms with Gasteiger partial charge >= 0.3 is 0 Å². The summed E-state index contributed by atoms with van der Waals surface area (Å²) >= 11 is 0. The minimum atomic E-state index is -1.70. The molecule has 1 aliphatic heterocycles. The number of carbonyl (C=O) groups is 2. The summed E-state index contributed by atoms with van der Waals surface area (Å²) in [4.78, 5) is 26.8. The highest BCUT2D eigenvalue weighted by Gasteiger charge is 2.39. The second-order valence-electron chi connectivity index (χ2n) is 6.85. The van der Waals surface area contributed by atoms with Crippen molar-refractivity contribution in [2.24, 2.45) is 5.73 Å². The van der Waals surface area contributed by atoms with E-state index in [1.54, 1.807) is 42.5 Å². The summed E-state index contributed by atoms with van der Waals surface area (Å²) in [5.74, 6) is -1.39. The molecule has 9 heteroatoms. The number of anilines is 2. The van der Waals surface area contributed by atoms with Crippen LogP contribution in [0, 0.1) is 5.41 Å². The SMILES string of the molecule is N=C(N)c1ccc(NC(=O)[C@H](O)[C@H]2OCCN(c3cccc(CCO)c3)C2=O)cc1. The molecule has 30 heavy (non-hydrogen) atoms. The maximum Gasteiger partial charge on any atom is 0.259 e. The Bertz CT molecular complexity index is 931. The normalized spacial score (nSPS) is 17.5. The van der Waals surface area contributed by atoms with E-state index in [4.69, 9.17) is 21.0 Å². The Kier molecular flexibility index (Phi) is 6.78. The molecule has 1 heterocycles. The van der Waals surface area contributed by atoms with Crippen molar-refractivity contribution in [1.29, 1.82) is 5.41 Å². The summed E-state index contributed by atoms with van der Waals surface area (Å²) in [6.07, 6.45) is -2.58. The number of carbonyl (C=O) groups excluding carboxylic acids is 2. The number of hydrogen-bond donors (Lipinski definition) is 5. The van der Waals surface area contributed by atoms with E-state index in [1.165, 1.54) is 4.90 Å². The van der Waals surface area contributed by atoms with Gasteiger partial charge in [0.2, 0.25) is 0 Å². The van der Waals surface area contributed by atoms with E-state index < -0.39 is 24.0 Å². The first-order valence-corrected chi connectivity index (χ1v) is 9.47. The lowest BCUT2D eigenvalue weighted by molar-refractivity contribution is -0.150. The van der Waals surface area contributed by atoms with Crippen LogP contribution in [0.1, 0.15) is 11.1 Å². The van der Waals surface area contributed by atoms with Crippen molar-refractivity contribution in [1.82, 2.24) is 0 Å². The van der Waals surface area contributed by atoms with E-state index in [0.717, 1.165) is 5.56 Å². The third-order valence-electron chi connectivity index (χ3n) is 4.76. The Morgan fingerprint density at radius 3 is 2.70 bits per heavy atom. The van der Waals surface area contributed by atoms with Crippen LogP contribution in [0.2, 0.25) is 0 Å². The largest absolute Gasteiger partial charge is 0.396 e. The lowest BCUT2D eigenvalue weighted by Gasteiger charge is -2.34. The highest BCUT2D eigenvalue weighted by atomic mass is 16.5. The number of rotatable bonds is 7. The number of aliphatic hydroxyl groups excluding tert-OH is 2. The molecule has 0 unspecified atom stereocenters. The number of nitrogens with zero attached hydrogens (tertiary/aromatic N) is 1. The lowest BCUT2D eigenvalue weighted by atomic mass is 10.1. The zero-order valence-corrected chi connectivity index (χ0v) is 16.2. The number of nitrogens with two attached hydrogens (primary N) is 1. The van der Waals surface area contributed by atoms with Crippen molar-refractivity contribution in [3.05, 3.63) is 59.7 Å². The summed E-state index contributed by atoms with van der Waals surface area (Å²) in [6, 6.07) is 13.4. The number of hydrogen-bond acceptors (Lipinski definition) is 6. The first-order valence-electron chi connectivity index (χ1n) is 9.47. The molecule has 0 saturated carbocycles. The second-order valence-corrected chi connectivity index (χ2v) is 6.85. The molecule has 1 aliphatic rings. The van der Waals surface area contributed by atoms with Gasteiger partial charge < -0.3 is 30.9 Å². The molecule has 2 aromatic carbocycles. The van der Waals surface area contributed by atoms with Gasteiger partial charge in [-0.2, -0.15) is 0 Å². The Morgan fingerprint density at radius 2 is 2.03 bits per heavy atom. The Labute approximate surface area is 173 Å². The van der Waals surface area contributed by atoms with Crippen molar-refractivity contribution < 1.29 is 24.5 Å². The van der Waals surface area contributed by atoms with Crippen LogP contribution in [0.3, 0.4) is 0 Å². The van der Waals surface area contributed by atoms with E-state index in [9.17, 15) is 14.7 Å². The average Bonchev–Trinajstić information content (AvgIpc) is 2.74. The van der Waals surface area contributed by atoms with Crippen molar-refractivity contribution in [2.75, 3.05) is 30.0 Å². The van der Waals surface area contributed by atoms with Gasteiger partial charge in [-0.1, -0.05) is 12.1 Å². The number of ether oxygens (including phenoxy) is 1. The van der Waals surface area contributed by atoms with E-state index in [1.807, 2.05) is 6.07 Å². The molecule has 0 bridgehead atoms. The molecule has 0 aromatic heterocycles. The van der Waals surface area contributed by atoms with Crippen molar-refractivity contribution in [3.63, 3.8) is 0 Å². The summed E-state index contributed by atoms with van der Waals surface area (Å²) in [5.41, 5.74) is 7.78. The van der Waals surface area contributed by atoms with Crippen LogP contribution < -0.4 is 16.0 Å². The number of amides is 2. The van der Waals surface area contributed by atoms with Crippen LogP contribution >= 0.6 is 0 Å². The number of nitrogens with one attached hydrogen (secondary N) is 2. The van der Waals surface area contributed by atoms with E-state index in [-0.39, 0.29) is 19.0 Å². The first kappa shape index (κ1) is 21.4. The number of amidine groups is 1. The average molecular weight is 412 g/mol. The quantitative estimate of drug-likeness (QED) is 0.325. The standard InChI is InChI=1S/C21H24N4O5/c22-19(23)14-4-6-15(7-5-14)24-20(28)17(27)18-21(29)25(9-11-30-18)16-3-1-2-13(12-16)8-10-26/h1-7,12,17-18,26-27H,8-11H2,(H3,22,23)(H,24,28)/t17-,18-/m1/s1. The van der Waals surface area contributed by atoms with E-state index >= 15 is 0 Å². The van der Waals surface area contributed by atoms with Crippen LogP contribution in [-0.2, 0) is 20.7 Å². The Morgan fingerprint density at radius 1 is 1.30 bits per heavy atom. The van der Waals surface area contributed by atoms with Crippen molar-refractivity contribution in [3.8, 4) is 0 Å². The molecule has 158 valence electrons. The molecule has 9 nitrogen and oxygen atoms in total. The van der Waals surface area contributed by atoms with Crippen LogP contribution in [0.5, 0.6) is 0 Å². The molecule has 6 N–H and O–H groups in total. The summed E-state index contributed by atoms with van der Waals surface area (Å²) in [5, 5.41) is 29.5. The predicted octanol–water partition coefficient (Wildman–Crippen LogP) is 0.237. The summed E-state index contributed by atoms with van der Waals surface area (Å²) in [7, 11) is 0. The van der Waals surface area contributed by atoms with Gasteiger partial charge in [-0.3, -0.25) is 15.0 Å². The van der Waals surface area contributed by atoms with Gasteiger partial charge in [0.25, 0.3) is 11.8 Å². The molecule has 1 fully saturated rings. The molecule has 0 aliphatic carbocycles. The molecule has 0 spiro atoms. The van der Waals surface area contributed by atoms with Gasteiger partial charge in [-0.25, -0.2) is 0 Å². The highest BCUT2D eigenvalue weighted by Crippen LogP contribution is 2.22. The van der Waals surface area contributed by atoms with E-state index in [0.29, 0.717) is 29.9 Å². The highest BCUT2D eigenvalue weighted by molar-refractivity contribution is 6.04. The second kappa shape index (κ2) is 9.49. The van der Waals surface area contributed by atoms with Gasteiger partial charge in [0.15, 0.2) is 12.2 Å². The molecule has 2 aromatic rings. The Hall–Kier alpha value is -3.27. The van der Waals surface area contributed by atoms with Crippen LogP contribution in [0.4, 0.5) is 11.4 Å². The monoisotopic (exact) mass is 412 g/mol. The molecule has 2 amide bonds. The maximum atomic E-state index is 12.9. The minimum absolute atomic E-state index is 0.00455. The smallest absolute Gasteiger partial charge is 0.259 e. The third kappa shape index (κ3) is 4.82. The summed E-state index contributed by atoms with van der Waals surface area (Å²) in [6.45, 7) is 0.451. The van der Waals surface area contributed by atoms with Gasteiger partial charge in [0.1, 0.15) is 5.84 Å². The van der Waals surface area contributed by atoms with Crippen molar-refractivity contribution >= 4 is 29.0 Å². The van der Waals surface area contributed by atoms with Gasteiger partial charge in [-0.05, 0) is 48.4 Å². The molecular formula is C21H24N4O5. The molecule has 2 atom stereocenters. The Balaban J connectivity index is 1.69. The van der Waals surface area contributed by atoms with Crippen LogP contribution in [0.25, 0.3) is 0 Å². The number of aliphatic hydroxyl groups is 2. The fourth-order valence-electron chi connectivity index (χ4n) is 3.18. The van der Waals surface area contributed by atoms with E-state index in [2.05, 4.69) is 5.32 Å². The third-order valence-corrected chi connectivity index (χ3v) is 4.76. The molecule has 0 radical (unpaired) electrons.